The van der Waals surface area contributed by atoms with Crippen molar-refractivity contribution in [3.8, 4) is 0 Å². The van der Waals surface area contributed by atoms with Crippen molar-refractivity contribution in [2.75, 3.05) is 26.2 Å². The van der Waals surface area contributed by atoms with Crippen molar-refractivity contribution in [1.29, 1.82) is 0 Å². The SMILES string of the molecule is CCCN(CC1CCCNC1)C(=O)c1cc(C)on1. The van der Waals surface area contributed by atoms with Crippen molar-refractivity contribution >= 4 is 5.91 Å². The van der Waals surface area contributed by atoms with Gasteiger partial charge in [0.1, 0.15) is 5.76 Å². The van der Waals surface area contributed by atoms with Gasteiger partial charge in [0.2, 0.25) is 0 Å². The number of nitrogens with zero attached hydrogens (tertiary/aromatic N) is 2. The molecule has 1 aromatic heterocycles. The van der Waals surface area contributed by atoms with Crippen molar-refractivity contribution in [3.05, 3.63) is 17.5 Å². The Balaban J connectivity index is 1.99. The average molecular weight is 265 g/mol. The molecule has 0 bridgehead atoms. The highest BCUT2D eigenvalue weighted by Crippen LogP contribution is 2.14. The minimum Gasteiger partial charge on any atom is -0.361 e. The van der Waals surface area contributed by atoms with Gasteiger partial charge >= 0.3 is 0 Å². The summed E-state index contributed by atoms with van der Waals surface area (Å²) in [4.78, 5) is 14.3. The molecule has 1 unspecified atom stereocenters. The van der Waals surface area contributed by atoms with Crippen LogP contribution in [0.1, 0.15) is 42.4 Å². The molecule has 1 amide bonds. The Morgan fingerprint density at radius 3 is 3.05 bits per heavy atom. The Kier molecular flexibility index (Phi) is 4.96. The van der Waals surface area contributed by atoms with Gasteiger partial charge in [-0.3, -0.25) is 4.79 Å². The van der Waals surface area contributed by atoms with Crippen molar-refractivity contribution in [3.63, 3.8) is 0 Å². The van der Waals surface area contributed by atoms with E-state index in [-0.39, 0.29) is 5.91 Å². The number of amides is 1. The summed E-state index contributed by atoms with van der Waals surface area (Å²) >= 11 is 0. The van der Waals surface area contributed by atoms with E-state index in [2.05, 4.69) is 17.4 Å². The number of nitrogens with one attached hydrogen (secondary N) is 1. The monoisotopic (exact) mass is 265 g/mol. The lowest BCUT2D eigenvalue weighted by Gasteiger charge is -2.29. The quantitative estimate of drug-likeness (QED) is 0.882. The number of carbonyl (C=O) groups excluding carboxylic acids is 1. The van der Waals surface area contributed by atoms with Gasteiger partial charge in [-0.05, 0) is 45.2 Å². The fourth-order valence-corrected chi connectivity index (χ4v) is 2.57. The van der Waals surface area contributed by atoms with Crippen LogP contribution in [0.4, 0.5) is 0 Å². The van der Waals surface area contributed by atoms with E-state index in [4.69, 9.17) is 4.52 Å². The average Bonchev–Trinajstić information content (AvgIpc) is 2.85. The van der Waals surface area contributed by atoms with Crippen LogP contribution in [0, 0.1) is 12.8 Å². The zero-order valence-corrected chi connectivity index (χ0v) is 11.8. The topological polar surface area (TPSA) is 58.4 Å². The summed E-state index contributed by atoms with van der Waals surface area (Å²) < 4.78 is 4.99. The van der Waals surface area contributed by atoms with Gasteiger partial charge in [0.05, 0.1) is 0 Å². The van der Waals surface area contributed by atoms with Crippen LogP contribution in [0.3, 0.4) is 0 Å². The van der Waals surface area contributed by atoms with Gasteiger partial charge < -0.3 is 14.7 Å². The van der Waals surface area contributed by atoms with Crippen molar-refractivity contribution < 1.29 is 9.32 Å². The largest absolute Gasteiger partial charge is 0.361 e. The zero-order chi connectivity index (χ0) is 13.7. The summed E-state index contributed by atoms with van der Waals surface area (Å²) in [6.45, 7) is 7.59. The Morgan fingerprint density at radius 1 is 1.63 bits per heavy atom. The molecule has 0 aliphatic carbocycles. The molecule has 0 aromatic carbocycles. The fourth-order valence-electron chi connectivity index (χ4n) is 2.57. The smallest absolute Gasteiger partial charge is 0.276 e. The molecule has 106 valence electrons. The summed E-state index contributed by atoms with van der Waals surface area (Å²) in [5, 5.41) is 7.22. The first-order valence-corrected chi connectivity index (χ1v) is 7.14. The van der Waals surface area contributed by atoms with E-state index in [1.54, 1.807) is 13.0 Å². The van der Waals surface area contributed by atoms with Crippen molar-refractivity contribution in [2.45, 2.75) is 33.1 Å². The molecule has 2 heterocycles. The minimum absolute atomic E-state index is 0.00993. The van der Waals surface area contributed by atoms with E-state index in [1.807, 2.05) is 4.90 Å². The molecule has 5 nitrogen and oxygen atoms in total. The van der Waals surface area contributed by atoms with Gasteiger partial charge in [0.15, 0.2) is 5.69 Å². The van der Waals surface area contributed by atoms with E-state index in [9.17, 15) is 4.79 Å². The molecule has 1 fully saturated rings. The van der Waals surface area contributed by atoms with Gasteiger partial charge in [0, 0.05) is 19.2 Å². The summed E-state index contributed by atoms with van der Waals surface area (Å²) in [7, 11) is 0. The number of piperidine rings is 1. The number of hydrogen-bond acceptors (Lipinski definition) is 4. The molecule has 1 aromatic rings. The highest BCUT2D eigenvalue weighted by Gasteiger charge is 2.23. The Labute approximate surface area is 114 Å². The van der Waals surface area contributed by atoms with Crippen LogP contribution in [0.5, 0.6) is 0 Å². The molecule has 5 heteroatoms. The summed E-state index contributed by atoms with van der Waals surface area (Å²) in [6, 6.07) is 1.71. The van der Waals surface area contributed by atoms with Gasteiger partial charge in [-0.15, -0.1) is 0 Å². The normalized spacial score (nSPS) is 19.4. The molecule has 1 aliphatic rings. The first-order valence-electron chi connectivity index (χ1n) is 7.14. The lowest BCUT2D eigenvalue weighted by Crippen LogP contribution is -2.41. The van der Waals surface area contributed by atoms with Gasteiger partial charge in [0.25, 0.3) is 5.91 Å². The van der Waals surface area contributed by atoms with Gasteiger partial charge in [-0.2, -0.15) is 0 Å². The van der Waals surface area contributed by atoms with Crippen LogP contribution in [0.25, 0.3) is 0 Å². The fraction of sp³-hybridized carbons (Fsp3) is 0.714. The Bertz CT molecular complexity index is 411. The maximum atomic E-state index is 12.4. The summed E-state index contributed by atoms with van der Waals surface area (Å²) in [5.74, 6) is 1.22. The minimum atomic E-state index is -0.00993. The zero-order valence-electron chi connectivity index (χ0n) is 11.8. The molecule has 1 atom stereocenters. The lowest BCUT2D eigenvalue weighted by molar-refractivity contribution is 0.0708. The molecule has 19 heavy (non-hydrogen) atoms. The van der Waals surface area contributed by atoms with E-state index in [1.165, 1.54) is 12.8 Å². The third-order valence-corrected chi connectivity index (χ3v) is 3.51. The highest BCUT2D eigenvalue weighted by molar-refractivity contribution is 5.92. The lowest BCUT2D eigenvalue weighted by atomic mass is 9.99. The summed E-state index contributed by atoms with van der Waals surface area (Å²) in [5.41, 5.74) is 0.426. The van der Waals surface area contributed by atoms with Crippen molar-refractivity contribution in [1.82, 2.24) is 15.4 Å². The molecule has 1 N–H and O–H groups in total. The second kappa shape index (κ2) is 6.70. The third kappa shape index (κ3) is 3.80. The van der Waals surface area contributed by atoms with Crippen LogP contribution >= 0.6 is 0 Å². The molecule has 2 rings (SSSR count). The number of hydrogen-bond donors (Lipinski definition) is 1. The maximum Gasteiger partial charge on any atom is 0.276 e. The Hall–Kier alpha value is -1.36. The van der Waals surface area contributed by atoms with E-state index < -0.39 is 0 Å². The number of aromatic nitrogens is 1. The molecular weight excluding hydrogens is 242 g/mol. The third-order valence-electron chi connectivity index (χ3n) is 3.51. The molecule has 0 spiro atoms. The molecular formula is C14H23N3O2. The number of rotatable bonds is 5. The van der Waals surface area contributed by atoms with Crippen LogP contribution < -0.4 is 5.32 Å². The van der Waals surface area contributed by atoms with Gasteiger partial charge in [-0.1, -0.05) is 12.1 Å². The molecule has 0 saturated carbocycles. The van der Waals surface area contributed by atoms with E-state index in [0.29, 0.717) is 17.4 Å². The van der Waals surface area contributed by atoms with Crippen molar-refractivity contribution in [2.24, 2.45) is 5.92 Å². The second-order valence-corrected chi connectivity index (χ2v) is 5.29. The second-order valence-electron chi connectivity index (χ2n) is 5.29. The maximum absolute atomic E-state index is 12.4. The van der Waals surface area contributed by atoms with E-state index in [0.717, 1.165) is 32.6 Å². The Morgan fingerprint density at radius 2 is 2.47 bits per heavy atom. The van der Waals surface area contributed by atoms with Crippen LogP contribution in [0.2, 0.25) is 0 Å². The molecule has 1 aliphatic heterocycles. The van der Waals surface area contributed by atoms with Crippen LogP contribution in [-0.4, -0.2) is 42.1 Å². The predicted octanol–water partition coefficient (Wildman–Crippen LogP) is 1.83. The standard InChI is InChI=1S/C14H23N3O2/c1-3-7-17(10-12-5-4-6-15-9-12)14(18)13-8-11(2)19-16-13/h8,12,15H,3-7,9-10H2,1-2H3. The number of carbonyl (C=O) groups is 1. The number of aryl methyl sites for hydroxylation is 1. The molecule has 0 radical (unpaired) electrons. The molecule has 1 saturated heterocycles. The van der Waals surface area contributed by atoms with Crippen LogP contribution in [0.15, 0.2) is 10.6 Å². The van der Waals surface area contributed by atoms with Gasteiger partial charge in [-0.25, -0.2) is 0 Å². The first kappa shape index (κ1) is 14.1. The van der Waals surface area contributed by atoms with E-state index >= 15 is 0 Å². The predicted molar refractivity (Wildman–Crippen MR) is 73.0 cm³/mol. The van der Waals surface area contributed by atoms with Crippen LogP contribution in [-0.2, 0) is 0 Å². The highest BCUT2D eigenvalue weighted by atomic mass is 16.5. The summed E-state index contributed by atoms with van der Waals surface area (Å²) in [6.07, 6.45) is 3.35. The first-order chi connectivity index (χ1) is 9.20.